The van der Waals surface area contributed by atoms with Crippen molar-refractivity contribution in [1.82, 2.24) is 0 Å². The zero-order valence-corrected chi connectivity index (χ0v) is 49.3. The molecule has 2 saturated heterocycles. The van der Waals surface area contributed by atoms with Crippen molar-refractivity contribution < 1.29 is 123 Å². The summed E-state index contributed by atoms with van der Waals surface area (Å²) >= 11 is 0. The molecule has 0 aliphatic carbocycles. The molecule has 2 fully saturated rings. The van der Waals surface area contributed by atoms with E-state index in [9.17, 15) is 43.2 Å². The van der Waals surface area contributed by atoms with Gasteiger partial charge in [-0.25, -0.2) is 0 Å². The van der Waals surface area contributed by atoms with Crippen molar-refractivity contribution in [3.05, 3.63) is 71.5 Å². The maximum Gasteiger partial charge on any atom is 0.713 e. The third-order valence-corrected chi connectivity index (χ3v) is 11.3. The number of ketones is 1. The van der Waals surface area contributed by atoms with Gasteiger partial charge in [0.05, 0.1) is 14.2 Å². The highest BCUT2D eigenvalue weighted by molar-refractivity contribution is 6.37. The summed E-state index contributed by atoms with van der Waals surface area (Å²) < 4.78 is 97.4. The molecule has 0 saturated carbocycles. The van der Waals surface area contributed by atoms with Crippen LogP contribution in [-0.2, 0) is 104 Å². The monoisotopic (exact) mass is 1180 g/mol. The van der Waals surface area contributed by atoms with E-state index < -0.39 is 135 Å². The number of esters is 8. The fraction of sp³-hybridized carbons (Fsp3) is 0.526. The van der Waals surface area contributed by atoms with E-state index >= 15 is 0 Å². The molecule has 0 spiro atoms. The first kappa shape index (κ1) is 68.5. The van der Waals surface area contributed by atoms with Gasteiger partial charge in [0.15, 0.2) is 53.2 Å². The lowest BCUT2D eigenvalue weighted by Crippen LogP contribution is -2.63. The lowest BCUT2D eigenvalue weighted by molar-refractivity contribution is -0.288. The smallest absolute Gasteiger partial charge is 0.512 e. The number of carbonyl (C=O) groups is 9. The zero-order chi connectivity index (χ0) is 62.4. The van der Waals surface area contributed by atoms with Crippen LogP contribution in [0.5, 0.6) is 23.0 Å². The molecule has 10 atom stereocenters. The Morgan fingerprint density at radius 1 is 0.476 bits per heavy atom. The first-order valence-electron chi connectivity index (χ1n) is 26.5. The van der Waals surface area contributed by atoms with Crippen molar-refractivity contribution >= 4 is 73.0 Å². The van der Waals surface area contributed by atoms with Gasteiger partial charge in [-0.05, 0) is 59.4 Å². The third-order valence-electron chi connectivity index (χ3n) is 11.3. The molecule has 2 aliphatic rings. The minimum atomic E-state index is -1.57. The average molecular weight is 1180 g/mol. The highest BCUT2D eigenvalue weighted by Crippen LogP contribution is 2.37. The molecule has 27 heteroatoms. The maximum atomic E-state index is 13.8. The van der Waals surface area contributed by atoms with Gasteiger partial charge in [-0.1, -0.05) is 52.0 Å². The Balaban J connectivity index is 1.71. The maximum absolute atomic E-state index is 13.8. The van der Waals surface area contributed by atoms with Gasteiger partial charge in [-0.15, -0.1) is 0 Å². The molecule has 0 aromatic heterocycles. The molecule has 2 heterocycles. The van der Waals surface area contributed by atoms with Crippen LogP contribution in [0.3, 0.4) is 0 Å². The molecule has 2 aromatic carbocycles. The molecule has 2 aromatic rings. The van der Waals surface area contributed by atoms with Crippen LogP contribution in [0.25, 0.3) is 12.2 Å². The topological polar surface area (TPSA) is 311 Å². The SMILES string of the molecule is COc1cc(/C=C/C(=O)/C=C(/C=C/c2ccc(O[C@@H]3O[C@H](COC(C)=O)[C@@H](OC(C)=O)[C@H](OC(C)=O)[C@H]3OC(C)=O)c(OC)c2)OB(OCC(C)C)OCC(C)C)ccc1O[C@@H]1O[C@H](COC(C)=O)[C@@H](OC(C)=O)[C@H](OC(C)=O)[C@H]1OC(C)=O. The molecule has 0 bridgehead atoms. The van der Waals surface area contributed by atoms with E-state index in [4.69, 9.17) is 80.3 Å². The standard InChI is InChI=1S/C57H73BO26/c1-30(2)26-72-58(73-27-31(3)4)84-43(20-16-41-18-22-45(47(24-41)69-14)81-57-55(79-39(12)66)53(77-37(10)64)51(75-35(8)62)49(83-57)29-71-33(6)60)25-42(67)19-15-40-17-21-44(46(23-40)68-13)80-56-54(78-38(11)65)52(76-36(9)63)50(74-34(7)61)48(82-56)28-70-32(5)59/h15-25,30-31,48-57H,26-29H2,1-14H3/b19-15+,20-16+,43-25-/t48-,49-,50-,51-,52+,53+,54-,55-,56-,57-/m1/s1. The van der Waals surface area contributed by atoms with Gasteiger partial charge in [-0.2, -0.15) is 0 Å². The van der Waals surface area contributed by atoms with Crippen LogP contribution in [0.4, 0.5) is 0 Å². The van der Waals surface area contributed by atoms with Gasteiger partial charge < -0.3 is 80.3 Å². The molecule has 0 radical (unpaired) electrons. The largest absolute Gasteiger partial charge is 0.713 e. The van der Waals surface area contributed by atoms with E-state index in [1.165, 1.54) is 56.7 Å². The van der Waals surface area contributed by atoms with E-state index in [1.54, 1.807) is 24.3 Å². The number of allylic oxidation sites excluding steroid dienone is 3. The zero-order valence-electron chi connectivity index (χ0n) is 49.3. The van der Waals surface area contributed by atoms with Crippen molar-refractivity contribution in [2.45, 2.75) is 144 Å². The summed E-state index contributed by atoms with van der Waals surface area (Å²) in [5.74, 6) is -6.49. The summed E-state index contributed by atoms with van der Waals surface area (Å²) in [6.07, 6.45) is -7.60. The summed E-state index contributed by atoms with van der Waals surface area (Å²) in [7, 11) is 1.43. The molecule has 26 nitrogen and oxygen atoms in total. The Kier molecular flexibility index (Phi) is 27.2. The van der Waals surface area contributed by atoms with Gasteiger partial charge in [0.2, 0.25) is 24.8 Å². The summed E-state index contributed by atoms with van der Waals surface area (Å²) in [5, 5.41) is 0. The Hall–Kier alpha value is -8.01. The molecular weight excluding hydrogens is 1110 g/mol. The second-order valence-electron chi connectivity index (χ2n) is 19.7. The van der Waals surface area contributed by atoms with Gasteiger partial charge in [0, 0.05) is 74.7 Å². The fourth-order valence-electron chi connectivity index (χ4n) is 8.02. The first-order chi connectivity index (χ1) is 39.7. The van der Waals surface area contributed by atoms with Gasteiger partial charge in [-0.3, -0.25) is 43.2 Å². The normalized spacial score (nSPS) is 22.3. The van der Waals surface area contributed by atoms with Crippen molar-refractivity contribution in [3.8, 4) is 23.0 Å². The molecule has 4 rings (SSSR count). The van der Waals surface area contributed by atoms with E-state index in [2.05, 4.69) is 0 Å². The summed E-state index contributed by atoms with van der Waals surface area (Å²) in [5.41, 5.74) is 0.899. The third kappa shape index (κ3) is 22.6. The summed E-state index contributed by atoms with van der Waals surface area (Å²) in [6, 6.07) is 9.16. The van der Waals surface area contributed by atoms with E-state index in [-0.39, 0.29) is 53.8 Å². The van der Waals surface area contributed by atoms with E-state index in [0.717, 1.165) is 55.4 Å². The number of methoxy groups -OCH3 is 2. The van der Waals surface area contributed by atoms with E-state index in [0.29, 0.717) is 11.1 Å². The van der Waals surface area contributed by atoms with Gasteiger partial charge >= 0.3 is 55.1 Å². The number of ether oxygens (including phenoxy) is 14. The van der Waals surface area contributed by atoms with Crippen LogP contribution in [0.15, 0.2) is 60.4 Å². The lowest BCUT2D eigenvalue weighted by Gasteiger charge is -2.44. The van der Waals surface area contributed by atoms with E-state index in [1.807, 2.05) is 27.7 Å². The number of carbonyl (C=O) groups excluding carboxylic acids is 9. The highest BCUT2D eigenvalue weighted by Gasteiger charge is 2.55. The fourth-order valence-corrected chi connectivity index (χ4v) is 8.02. The number of hydrogen-bond acceptors (Lipinski definition) is 26. The predicted octanol–water partition coefficient (Wildman–Crippen LogP) is 5.15. The molecular formula is C57H73BO26. The lowest BCUT2D eigenvalue weighted by atomic mass is 9.98. The highest BCUT2D eigenvalue weighted by atomic mass is 16.8. The van der Waals surface area contributed by atoms with Crippen molar-refractivity contribution in [3.63, 3.8) is 0 Å². The minimum absolute atomic E-state index is 0.00916. The van der Waals surface area contributed by atoms with Crippen molar-refractivity contribution in [1.29, 1.82) is 0 Å². The molecule has 2 aliphatic heterocycles. The number of rotatable bonds is 29. The second-order valence-corrected chi connectivity index (χ2v) is 19.7. The quantitative estimate of drug-likeness (QED) is 0.0254. The minimum Gasteiger partial charge on any atom is -0.512 e. The molecule has 0 N–H and O–H groups in total. The van der Waals surface area contributed by atoms with Crippen molar-refractivity contribution in [2.75, 3.05) is 40.6 Å². The van der Waals surface area contributed by atoms with Crippen molar-refractivity contribution in [2.24, 2.45) is 11.8 Å². The molecule has 0 amide bonds. The Bertz CT molecular complexity index is 2700. The van der Waals surface area contributed by atoms with Crippen LogP contribution in [0.2, 0.25) is 0 Å². The summed E-state index contributed by atoms with van der Waals surface area (Å²) in [6.45, 7) is 16.1. The van der Waals surface area contributed by atoms with Gasteiger partial charge in [0.1, 0.15) is 31.2 Å². The van der Waals surface area contributed by atoms with Crippen LogP contribution in [-0.4, -0.2) is 163 Å². The average Bonchev–Trinajstić information content (AvgIpc) is 1.41. The Morgan fingerprint density at radius 3 is 1.18 bits per heavy atom. The molecule has 460 valence electrons. The van der Waals surface area contributed by atoms with Crippen LogP contribution >= 0.6 is 0 Å². The molecule has 0 unspecified atom stereocenters. The summed E-state index contributed by atoms with van der Waals surface area (Å²) in [4.78, 5) is 112. The van der Waals surface area contributed by atoms with Crippen LogP contribution in [0, 0.1) is 11.8 Å². The Morgan fingerprint density at radius 2 is 0.833 bits per heavy atom. The Labute approximate surface area is 486 Å². The van der Waals surface area contributed by atoms with Gasteiger partial charge in [0.25, 0.3) is 0 Å². The predicted molar refractivity (Wildman–Crippen MR) is 291 cm³/mol. The number of benzene rings is 2. The van der Waals surface area contributed by atoms with Crippen LogP contribution in [0.1, 0.15) is 94.2 Å². The molecule has 84 heavy (non-hydrogen) atoms. The number of hydrogen-bond donors (Lipinski definition) is 0. The first-order valence-corrected chi connectivity index (χ1v) is 26.5. The van der Waals surface area contributed by atoms with Crippen LogP contribution < -0.4 is 18.9 Å². The second kappa shape index (κ2) is 33.3.